The average Bonchev–Trinajstić information content (AvgIpc) is 2.60. The van der Waals surface area contributed by atoms with E-state index < -0.39 is 0 Å². The summed E-state index contributed by atoms with van der Waals surface area (Å²) in [6.45, 7) is 3.90. The van der Waals surface area contributed by atoms with Crippen LogP contribution in [0.5, 0.6) is 0 Å². The molecule has 0 bridgehead atoms. The summed E-state index contributed by atoms with van der Waals surface area (Å²) in [5.41, 5.74) is 13.3. The van der Waals surface area contributed by atoms with Crippen molar-refractivity contribution < 1.29 is 36.4 Å². The van der Waals surface area contributed by atoms with Crippen LogP contribution in [0.2, 0.25) is 0 Å². The van der Waals surface area contributed by atoms with E-state index in [1.165, 1.54) is 0 Å². The molecule has 0 amide bonds. The van der Waals surface area contributed by atoms with Gasteiger partial charge in [0.1, 0.15) is 0 Å². The van der Waals surface area contributed by atoms with Crippen LogP contribution >= 0.6 is 19.1 Å². The number of halogens is 2. The van der Waals surface area contributed by atoms with Crippen LogP contribution in [0.4, 0.5) is 0 Å². The number of hydrogen-bond donors (Lipinski definition) is 2. The second-order valence-corrected chi connectivity index (χ2v) is 4.21. The Morgan fingerprint density at radius 1 is 0.773 bits per heavy atom. The van der Waals surface area contributed by atoms with Gasteiger partial charge in [-0.2, -0.15) is 60.7 Å². The van der Waals surface area contributed by atoms with Gasteiger partial charge in [-0.05, 0) is 13.8 Å². The fraction of sp³-hybridized carbons (Fsp3) is 0.250. The van der Waals surface area contributed by atoms with Gasteiger partial charge in [0.2, 0.25) is 0 Å². The molecule has 0 aliphatic carbocycles. The van der Waals surface area contributed by atoms with Crippen LogP contribution < -0.4 is 11.5 Å². The van der Waals surface area contributed by atoms with Crippen LogP contribution in [0, 0.1) is 12.1 Å². The summed E-state index contributed by atoms with van der Waals surface area (Å²) in [6.07, 6.45) is 0. The molecule has 0 heterocycles. The monoisotopic (exact) mass is 522 g/mol. The maximum absolute atomic E-state index is 5.58. The molecule has 0 saturated heterocycles. The van der Waals surface area contributed by atoms with Gasteiger partial charge in [-0.15, -0.1) is 11.1 Å². The van der Waals surface area contributed by atoms with Gasteiger partial charge < -0.3 is 11.5 Å². The molecule has 0 aromatic heterocycles. The first-order chi connectivity index (χ1) is 10.6. The Bertz CT molecular complexity index is 397. The minimum atomic E-state index is 0.103. The van der Waals surface area contributed by atoms with E-state index in [2.05, 4.69) is 67.6 Å². The first-order valence-electron chi connectivity index (χ1n) is 6.29. The molecule has 6 heteroatoms. The molecule has 2 aromatic carbocycles. The summed E-state index contributed by atoms with van der Waals surface area (Å²) in [4.78, 5) is 0. The molecular weight excluding hydrogens is 504 g/mol. The second kappa shape index (κ2) is 17.6. The minimum absolute atomic E-state index is 0.103. The van der Waals surface area contributed by atoms with Crippen LogP contribution in [0.1, 0.15) is 37.1 Å². The third kappa shape index (κ3) is 12.8. The van der Waals surface area contributed by atoms with Crippen molar-refractivity contribution in [3.8, 4) is 0 Å². The van der Waals surface area contributed by atoms with Crippen LogP contribution in [0.15, 0.2) is 48.5 Å². The summed E-state index contributed by atoms with van der Waals surface area (Å²) < 4.78 is 0. The molecule has 0 radical (unpaired) electrons. The van der Waals surface area contributed by atoms with Gasteiger partial charge in [0.15, 0.2) is 0 Å². The summed E-state index contributed by atoms with van der Waals surface area (Å²) in [5, 5.41) is 0. The van der Waals surface area contributed by atoms with Crippen molar-refractivity contribution in [1.82, 2.24) is 0 Å². The van der Waals surface area contributed by atoms with Crippen molar-refractivity contribution in [2.45, 2.75) is 25.9 Å². The fourth-order valence-electron chi connectivity index (χ4n) is 1.38. The van der Waals surface area contributed by atoms with Crippen LogP contribution in [0.25, 0.3) is 0 Å². The maximum atomic E-state index is 5.58. The first-order valence-corrected chi connectivity index (χ1v) is 10.3. The van der Waals surface area contributed by atoms with E-state index in [9.17, 15) is 0 Å². The molecule has 2 atom stereocenters. The Labute approximate surface area is 163 Å². The molecule has 4 N–H and O–H groups in total. The molecule has 0 unspecified atom stereocenters. The summed E-state index contributed by atoms with van der Waals surface area (Å²) in [5.74, 6) is 0. The van der Waals surface area contributed by atoms with E-state index in [1.807, 2.05) is 62.4 Å². The fourth-order valence-corrected chi connectivity index (χ4v) is 1.38. The van der Waals surface area contributed by atoms with Gasteiger partial charge in [0.25, 0.3) is 0 Å². The number of benzene rings is 2. The quantitative estimate of drug-likeness (QED) is 0.453. The van der Waals surface area contributed by atoms with Crippen molar-refractivity contribution in [2.24, 2.45) is 11.5 Å². The van der Waals surface area contributed by atoms with Gasteiger partial charge in [0.05, 0.1) is 0 Å². The topological polar surface area (TPSA) is 52.0 Å². The Balaban J connectivity index is 0. The van der Waals surface area contributed by atoms with E-state index >= 15 is 0 Å². The van der Waals surface area contributed by atoms with E-state index in [1.54, 1.807) is 0 Å². The molecule has 0 saturated carbocycles. The van der Waals surface area contributed by atoms with Crippen LogP contribution in [-0.2, 0) is 36.4 Å². The van der Waals surface area contributed by atoms with Crippen molar-refractivity contribution in [2.75, 3.05) is 0 Å². The van der Waals surface area contributed by atoms with Crippen LogP contribution in [0.3, 0.4) is 0 Å². The molecule has 0 aliphatic rings. The first kappa shape index (κ1) is 24.5. The Morgan fingerprint density at radius 2 is 1.09 bits per heavy atom. The zero-order chi connectivity index (χ0) is 17.4. The molecule has 0 fully saturated rings. The molecular formula is C16H20Cl2N2Pd2. The molecule has 2 nitrogen and oxygen atoms in total. The molecule has 2 rings (SSSR count). The Morgan fingerprint density at radius 3 is 1.23 bits per heavy atom. The SMILES string of the molecule is C[C@H](N)c1[c-]cccc1.C[C@H](N)c1[c-]cccc1.[Cl][Pd+].[Cl][Pd+]. The van der Waals surface area contributed by atoms with Gasteiger partial charge in [-0.25, -0.2) is 0 Å². The molecule has 22 heavy (non-hydrogen) atoms. The van der Waals surface area contributed by atoms with E-state index in [4.69, 9.17) is 11.5 Å². The predicted molar refractivity (Wildman–Crippen MR) is 87.5 cm³/mol. The van der Waals surface area contributed by atoms with Crippen molar-refractivity contribution >= 4 is 19.1 Å². The Kier molecular flexibility index (Phi) is 19.6. The molecule has 2 aromatic rings. The summed E-state index contributed by atoms with van der Waals surface area (Å²) in [6, 6.07) is 21.8. The van der Waals surface area contributed by atoms with E-state index in [0.717, 1.165) is 11.1 Å². The van der Waals surface area contributed by atoms with Crippen molar-refractivity contribution in [1.29, 1.82) is 0 Å². The van der Waals surface area contributed by atoms with E-state index in [-0.39, 0.29) is 12.1 Å². The molecule has 128 valence electrons. The van der Waals surface area contributed by atoms with Gasteiger partial charge in [-0.3, -0.25) is 0 Å². The van der Waals surface area contributed by atoms with Gasteiger partial charge in [0, 0.05) is 12.1 Å². The number of nitrogens with two attached hydrogens (primary N) is 2. The number of hydrogen-bond acceptors (Lipinski definition) is 2. The third-order valence-electron chi connectivity index (χ3n) is 2.45. The zero-order valence-corrected chi connectivity index (χ0v) is 16.9. The average molecular weight is 524 g/mol. The Hall–Kier alpha value is 0.265. The van der Waals surface area contributed by atoms with Crippen molar-refractivity contribution in [3.63, 3.8) is 0 Å². The van der Waals surface area contributed by atoms with Crippen LogP contribution in [-0.4, -0.2) is 0 Å². The van der Waals surface area contributed by atoms with Crippen molar-refractivity contribution in [3.05, 3.63) is 71.8 Å². The van der Waals surface area contributed by atoms with Gasteiger partial charge >= 0.3 is 55.4 Å². The standard InChI is InChI=1S/2C8H10N.2ClH.2Pd/c2*1-7(9)8-5-3-2-4-6-8;;;;/h2*2-5,7H,9H2,1H3;2*1H;;/q2*-1;;;2*+2/p-2/t2*7-;;;;/m00..../s1. The number of rotatable bonds is 2. The summed E-state index contributed by atoms with van der Waals surface area (Å²) >= 11 is 4.44. The third-order valence-corrected chi connectivity index (χ3v) is 2.45. The second-order valence-electron chi connectivity index (χ2n) is 4.21. The summed E-state index contributed by atoms with van der Waals surface area (Å²) in [7, 11) is 8.98. The molecule has 0 spiro atoms. The predicted octanol–water partition coefficient (Wildman–Crippen LogP) is 4.39. The van der Waals surface area contributed by atoms with E-state index in [0.29, 0.717) is 0 Å². The zero-order valence-electron chi connectivity index (χ0n) is 12.3. The normalized spacial score (nSPS) is 11.4. The molecule has 0 aliphatic heterocycles. The van der Waals surface area contributed by atoms with Gasteiger partial charge in [-0.1, -0.05) is 0 Å².